The Morgan fingerprint density at radius 2 is 2.00 bits per heavy atom. The molecule has 2 rings (SSSR count). The first-order valence-corrected chi connectivity index (χ1v) is 7.03. The second-order valence-electron chi connectivity index (χ2n) is 3.44. The van der Waals surface area contributed by atoms with Crippen LogP contribution in [0.3, 0.4) is 0 Å². The molecule has 0 aliphatic heterocycles. The highest BCUT2D eigenvalue weighted by Gasteiger charge is 2.04. The van der Waals surface area contributed by atoms with Crippen molar-refractivity contribution in [2.45, 2.75) is 13.2 Å². The molecular formula is C12H11BrClNOS. The van der Waals surface area contributed by atoms with E-state index in [0.717, 1.165) is 14.2 Å². The van der Waals surface area contributed by atoms with Gasteiger partial charge in [0.25, 0.3) is 0 Å². The Balaban J connectivity index is 2.02. The van der Waals surface area contributed by atoms with Crippen LogP contribution < -0.4 is 10.5 Å². The fourth-order valence-electron chi connectivity index (χ4n) is 1.35. The van der Waals surface area contributed by atoms with Gasteiger partial charge in [0.2, 0.25) is 0 Å². The molecule has 17 heavy (non-hydrogen) atoms. The second-order valence-corrected chi connectivity index (χ2v) is 6.01. The van der Waals surface area contributed by atoms with Crippen molar-refractivity contribution >= 4 is 38.9 Å². The summed E-state index contributed by atoms with van der Waals surface area (Å²) < 4.78 is 6.59. The summed E-state index contributed by atoms with van der Waals surface area (Å²) >= 11 is 11.1. The van der Waals surface area contributed by atoms with Crippen LogP contribution in [0.25, 0.3) is 0 Å². The largest absolute Gasteiger partial charge is 0.487 e. The van der Waals surface area contributed by atoms with Crippen molar-refractivity contribution in [3.05, 3.63) is 49.6 Å². The van der Waals surface area contributed by atoms with Crippen molar-refractivity contribution in [2.24, 2.45) is 5.73 Å². The molecule has 0 bridgehead atoms. The van der Waals surface area contributed by atoms with Crippen LogP contribution in [0.4, 0.5) is 0 Å². The molecule has 0 aliphatic rings. The molecular weight excluding hydrogens is 322 g/mol. The predicted octanol–water partition coefficient (Wildman–Crippen LogP) is 4.20. The molecule has 0 fully saturated rings. The normalized spacial score (nSPS) is 10.5. The Bertz CT molecular complexity index is 515. The van der Waals surface area contributed by atoms with Crippen molar-refractivity contribution in [3.8, 4) is 5.75 Å². The molecule has 2 nitrogen and oxygen atoms in total. The quantitative estimate of drug-likeness (QED) is 0.910. The monoisotopic (exact) mass is 331 g/mol. The first-order chi connectivity index (χ1) is 8.19. The minimum absolute atomic E-state index is 0.520. The van der Waals surface area contributed by atoms with Crippen LogP contribution in [-0.4, -0.2) is 0 Å². The molecule has 0 radical (unpaired) electrons. The zero-order valence-corrected chi connectivity index (χ0v) is 12.1. The summed E-state index contributed by atoms with van der Waals surface area (Å²) in [4.78, 5) is 2.30. The lowest BCUT2D eigenvalue weighted by molar-refractivity contribution is 0.310. The maximum Gasteiger partial charge on any atom is 0.138 e. The number of hydrogen-bond acceptors (Lipinski definition) is 3. The van der Waals surface area contributed by atoms with Crippen LogP contribution >= 0.6 is 38.9 Å². The lowest BCUT2D eigenvalue weighted by Crippen LogP contribution is -1.93. The third kappa shape index (κ3) is 3.45. The van der Waals surface area contributed by atoms with E-state index in [2.05, 4.69) is 15.9 Å². The highest BCUT2D eigenvalue weighted by Crippen LogP contribution is 2.29. The summed E-state index contributed by atoms with van der Waals surface area (Å²) in [6.07, 6.45) is 0. The zero-order chi connectivity index (χ0) is 12.3. The van der Waals surface area contributed by atoms with Crippen molar-refractivity contribution in [1.29, 1.82) is 0 Å². The van der Waals surface area contributed by atoms with Crippen LogP contribution in [0.5, 0.6) is 5.75 Å². The summed E-state index contributed by atoms with van der Waals surface area (Å²) in [6.45, 7) is 1.09. The van der Waals surface area contributed by atoms with Gasteiger partial charge in [0, 0.05) is 20.8 Å². The number of hydrogen-bond donors (Lipinski definition) is 1. The van der Waals surface area contributed by atoms with E-state index in [9.17, 15) is 0 Å². The third-order valence-electron chi connectivity index (χ3n) is 2.18. The van der Waals surface area contributed by atoms with E-state index < -0.39 is 0 Å². The molecule has 0 amide bonds. The Hall–Kier alpha value is -0.550. The summed E-state index contributed by atoms with van der Waals surface area (Å²) in [6, 6.07) is 9.62. The molecule has 0 saturated heterocycles. The highest BCUT2D eigenvalue weighted by atomic mass is 79.9. The molecule has 1 aromatic heterocycles. The van der Waals surface area contributed by atoms with Gasteiger partial charge < -0.3 is 10.5 Å². The second kappa shape index (κ2) is 5.87. The summed E-state index contributed by atoms with van der Waals surface area (Å²) in [5, 5.41) is 0.606. The maximum atomic E-state index is 6.06. The molecule has 0 unspecified atom stereocenters. The number of thiophene rings is 1. The fraction of sp³-hybridized carbons (Fsp3) is 0.167. The van der Waals surface area contributed by atoms with Crippen molar-refractivity contribution in [3.63, 3.8) is 0 Å². The molecule has 0 spiro atoms. The minimum Gasteiger partial charge on any atom is -0.487 e. The molecule has 0 atom stereocenters. The number of ether oxygens (including phenoxy) is 1. The molecule has 0 aliphatic carbocycles. The molecule has 2 aromatic rings. The molecule has 1 aromatic carbocycles. The minimum atomic E-state index is 0.520. The lowest BCUT2D eigenvalue weighted by atomic mass is 10.3. The summed E-state index contributed by atoms with van der Waals surface area (Å²) in [7, 11) is 0. The average Bonchev–Trinajstić information content (AvgIpc) is 2.76. The Morgan fingerprint density at radius 1 is 1.24 bits per heavy atom. The third-order valence-corrected chi connectivity index (χ3v) is 4.05. The highest BCUT2D eigenvalue weighted by molar-refractivity contribution is 9.10. The summed E-state index contributed by atoms with van der Waals surface area (Å²) in [5.74, 6) is 0.692. The van der Waals surface area contributed by atoms with Gasteiger partial charge in [0.05, 0.1) is 5.02 Å². The van der Waals surface area contributed by atoms with Gasteiger partial charge >= 0.3 is 0 Å². The van der Waals surface area contributed by atoms with Gasteiger partial charge in [-0.1, -0.05) is 27.5 Å². The number of nitrogens with two attached hydrogens (primary N) is 1. The Kier molecular flexibility index (Phi) is 4.45. The van der Waals surface area contributed by atoms with Crippen LogP contribution in [0, 0.1) is 0 Å². The van der Waals surface area contributed by atoms with Gasteiger partial charge in [0.15, 0.2) is 0 Å². The van der Waals surface area contributed by atoms with Crippen molar-refractivity contribution in [1.82, 2.24) is 0 Å². The van der Waals surface area contributed by atoms with Gasteiger partial charge in [0.1, 0.15) is 12.4 Å². The first kappa shape index (κ1) is 12.9. The van der Waals surface area contributed by atoms with E-state index in [1.54, 1.807) is 11.3 Å². The van der Waals surface area contributed by atoms with E-state index in [4.69, 9.17) is 22.1 Å². The van der Waals surface area contributed by atoms with Gasteiger partial charge in [-0.3, -0.25) is 0 Å². The molecule has 2 N–H and O–H groups in total. The number of rotatable bonds is 4. The smallest absolute Gasteiger partial charge is 0.138 e. The van der Waals surface area contributed by atoms with Crippen LogP contribution in [0.2, 0.25) is 5.02 Å². The van der Waals surface area contributed by atoms with Gasteiger partial charge in [-0.15, -0.1) is 11.3 Å². The van der Waals surface area contributed by atoms with Crippen LogP contribution in [-0.2, 0) is 13.2 Å². The average molecular weight is 333 g/mol. The predicted molar refractivity (Wildman–Crippen MR) is 75.7 cm³/mol. The summed E-state index contributed by atoms with van der Waals surface area (Å²) in [5.41, 5.74) is 5.55. The number of benzene rings is 1. The van der Waals surface area contributed by atoms with Crippen LogP contribution in [0.1, 0.15) is 9.75 Å². The van der Waals surface area contributed by atoms with E-state index in [1.807, 2.05) is 30.3 Å². The molecule has 90 valence electrons. The zero-order valence-electron chi connectivity index (χ0n) is 8.95. The number of halogens is 2. The van der Waals surface area contributed by atoms with E-state index >= 15 is 0 Å². The first-order valence-electron chi connectivity index (χ1n) is 5.04. The van der Waals surface area contributed by atoms with Gasteiger partial charge in [-0.05, 0) is 30.3 Å². The lowest BCUT2D eigenvalue weighted by Gasteiger charge is -2.06. The SMILES string of the molecule is NCc1ccc(COc2ccc(Br)cc2Cl)s1. The molecule has 1 heterocycles. The maximum absolute atomic E-state index is 6.06. The standard InChI is InChI=1S/C12H11BrClNOS/c13-8-1-4-12(11(14)5-8)16-7-10-3-2-9(6-15)17-10/h1-5H,6-7,15H2. The molecule has 0 saturated carbocycles. The fourth-order valence-corrected chi connectivity index (χ4v) is 2.89. The van der Waals surface area contributed by atoms with E-state index in [0.29, 0.717) is 23.9 Å². The molecule has 5 heteroatoms. The van der Waals surface area contributed by atoms with E-state index in [-0.39, 0.29) is 0 Å². The topological polar surface area (TPSA) is 35.2 Å². The Morgan fingerprint density at radius 3 is 2.65 bits per heavy atom. The van der Waals surface area contributed by atoms with E-state index in [1.165, 1.54) is 0 Å². The van der Waals surface area contributed by atoms with Crippen molar-refractivity contribution < 1.29 is 4.74 Å². The van der Waals surface area contributed by atoms with Crippen molar-refractivity contribution in [2.75, 3.05) is 0 Å². The Labute approximate surface area is 117 Å². The van der Waals surface area contributed by atoms with Crippen LogP contribution in [0.15, 0.2) is 34.8 Å². The van der Waals surface area contributed by atoms with Gasteiger partial charge in [-0.25, -0.2) is 0 Å². The van der Waals surface area contributed by atoms with Gasteiger partial charge in [-0.2, -0.15) is 0 Å².